The normalized spacial score (nSPS) is 13.3. The molecule has 1 amide bonds. The van der Waals surface area contributed by atoms with Crippen LogP contribution < -0.4 is 10.1 Å². The van der Waals surface area contributed by atoms with Gasteiger partial charge in [-0.3, -0.25) is 4.79 Å². The highest BCUT2D eigenvalue weighted by molar-refractivity contribution is 7.71. The quantitative estimate of drug-likeness (QED) is 0.640. The molecule has 7 heteroatoms. The van der Waals surface area contributed by atoms with Crippen molar-refractivity contribution >= 4 is 29.2 Å². The highest BCUT2D eigenvalue weighted by Gasteiger charge is 2.21. The fraction of sp³-hybridized carbons (Fsp3) is 0.263. The smallest absolute Gasteiger partial charge is 0.266 e. The molecule has 0 aliphatic heterocycles. The van der Waals surface area contributed by atoms with Gasteiger partial charge in [0.05, 0.1) is 18.7 Å². The molecule has 0 bridgehead atoms. The van der Waals surface area contributed by atoms with Gasteiger partial charge in [0.1, 0.15) is 11.9 Å². The summed E-state index contributed by atoms with van der Waals surface area (Å²) in [6.45, 7) is 1.90. The number of aromatic amines is 1. The monoisotopic (exact) mass is 372 g/mol. The summed E-state index contributed by atoms with van der Waals surface area (Å²) < 4.78 is 16.1. The number of carbonyl (C=O) groups excluding carboxylic acids is 1. The van der Waals surface area contributed by atoms with Crippen molar-refractivity contribution in [3.8, 4) is 5.75 Å². The Morgan fingerprint density at radius 2 is 1.92 bits per heavy atom. The summed E-state index contributed by atoms with van der Waals surface area (Å²) in [7, 11) is 3.24. The number of hydrogen-bond acceptors (Lipinski definition) is 5. The van der Waals surface area contributed by atoms with Crippen LogP contribution in [0.5, 0.6) is 5.75 Å². The first-order valence-electron chi connectivity index (χ1n) is 8.12. The van der Waals surface area contributed by atoms with E-state index in [-0.39, 0.29) is 22.9 Å². The lowest BCUT2D eigenvalue weighted by Gasteiger charge is -2.24. The second kappa shape index (κ2) is 7.72. The van der Waals surface area contributed by atoms with Crippen LogP contribution in [0.2, 0.25) is 0 Å². The minimum atomic E-state index is -0.287. The number of rotatable bonds is 6. The number of fused-ring (bicyclic) bond motifs is 1. The zero-order chi connectivity index (χ0) is 18.7. The lowest BCUT2D eigenvalue weighted by molar-refractivity contribution is 0.0644. The van der Waals surface area contributed by atoms with Crippen LogP contribution in [0, 0.1) is 4.84 Å². The maximum Gasteiger partial charge on any atom is 0.266 e. The third kappa shape index (κ3) is 3.79. The Balaban J connectivity index is 1.75. The Hall–Kier alpha value is -2.64. The summed E-state index contributed by atoms with van der Waals surface area (Å²) >= 11 is 4.97. The highest BCUT2D eigenvalue weighted by Crippen LogP contribution is 2.23. The standard InChI is InChI=1S/C19H20N2O4S/c1-11(17(24-3)12-4-7-14(23-2)8-5-12)20-18(22)13-6-9-15-16(10-13)25-19(26)21-15/h4-11,17H,1-3H3,(H,20,22)(H,21,26)/t11-,17-/m0/s1. The number of nitrogens with one attached hydrogen (secondary N) is 2. The SMILES string of the molecule is COc1ccc([C@@H](OC)[C@H](C)NC(=O)c2ccc3[nH]c(=S)oc3c2)cc1. The summed E-state index contributed by atoms with van der Waals surface area (Å²) in [4.78, 5) is 15.8. The number of ether oxygens (including phenoxy) is 2. The van der Waals surface area contributed by atoms with Crippen molar-refractivity contribution in [3.05, 3.63) is 58.4 Å². The van der Waals surface area contributed by atoms with E-state index in [2.05, 4.69) is 10.3 Å². The van der Waals surface area contributed by atoms with Crippen molar-refractivity contribution in [2.45, 2.75) is 19.1 Å². The molecular formula is C19H20N2O4S. The number of oxazole rings is 1. The molecule has 0 saturated heterocycles. The Bertz CT molecular complexity index is 962. The molecule has 1 aromatic heterocycles. The van der Waals surface area contributed by atoms with Crippen LogP contribution in [-0.4, -0.2) is 31.2 Å². The van der Waals surface area contributed by atoms with E-state index in [0.717, 1.165) is 16.8 Å². The molecule has 0 saturated carbocycles. The summed E-state index contributed by atoms with van der Waals surface area (Å²) in [5, 5.41) is 2.97. The molecule has 2 atom stereocenters. The average Bonchev–Trinajstić information content (AvgIpc) is 3.02. The van der Waals surface area contributed by atoms with Gasteiger partial charge in [0.25, 0.3) is 10.7 Å². The number of methoxy groups -OCH3 is 2. The van der Waals surface area contributed by atoms with Crippen molar-refractivity contribution in [3.63, 3.8) is 0 Å². The summed E-state index contributed by atoms with van der Waals surface area (Å²) in [6.07, 6.45) is -0.287. The van der Waals surface area contributed by atoms with E-state index in [4.69, 9.17) is 26.1 Å². The third-order valence-corrected chi connectivity index (χ3v) is 4.38. The molecule has 3 rings (SSSR count). The van der Waals surface area contributed by atoms with Crippen LogP contribution in [-0.2, 0) is 4.74 Å². The molecule has 0 fully saturated rings. The third-order valence-electron chi connectivity index (χ3n) is 4.19. The van der Waals surface area contributed by atoms with Crippen LogP contribution in [0.1, 0.15) is 28.9 Å². The van der Waals surface area contributed by atoms with Crippen molar-refractivity contribution in [1.29, 1.82) is 0 Å². The van der Waals surface area contributed by atoms with Gasteiger partial charge in [0, 0.05) is 12.7 Å². The topological polar surface area (TPSA) is 76.5 Å². The molecule has 0 unspecified atom stereocenters. The molecule has 3 aromatic rings. The molecule has 2 aromatic carbocycles. The van der Waals surface area contributed by atoms with E-state index in [1.807, 2.05) is 31.2 Å². The van der Waals surface area contributed by atoms with E-state index >= 15 is 0 Å². The van der Waals surface area contributed by atoms with Crippen LogP contribution in [0.4, 0.5) is 0 Å². The predicted molar refractivity (Wildman–Crippen MR) is 101 cm³/mol. The molecule has 0 aliphatic carbocycles. The number of hydrogen-bond donors (Lipinski definition) is 2. The van der Waals surface area contributed by atoms with Crippen molar-refractivity contribution in [1.82, 2.24) is 10.3 Å². The Morgan fingerprint density at radius 1 is 1.19 bits per heavy atom. The minimum absolute atomic E-state index is 0.211. The summed E-state index contributed by atoms with van der Waals surface area (Å²) in [5.74, 6) is 0.558. The van der Waals surface area contributed by atoms with Gasteiger partial charge in [-0.1, -0.05) is 12.1 Å². The van der Waals surface area contributed by atoms with E-state index in [1.54, 1.807) is 32.4 Å². The second-order valence-corrected chi connectivity index (χ2v) is 6.29. The average molecular weight is 372 g/mol. The van der Waals surface area contributed by atoms with Gasteiger partial charge in [-0.2, -0.15) is 0 Å². The van der Waals surface area contributed by atoms with Gasteiger partial charge in [-0.05, 0) is 55.0 Å². The minimum Gasteiger partial charge on any atom is -0.497 e. The van der Waals surface area contributed by atoms with Crippen molar-refractivity contribution in [2.75, 3.05) is 14.2 Å². The van der Waals surface area contributed by atoms with Crippen LogP contribution in [0.15, 0.2) is 46.9 Å². The zero-order valence-electron chi connectivity index (χ0n) is 14.7. The molecule has 0 radical (unpaired) electrons. The van der Waals surface area contributed by atoms with E-state index < -0.39 is 0 Å². The van der Waals surface area contributed by atoms with Crippen LogP contribution in [0.3, 0.4) is 0 Å². The molecule has 0 aliphatic rings. The molecule has 26 heavy (non-hydrogen) atoms. The largest absolute Gasteiger partial charge is 0.497 e. The number of carbonyl (C=O) groups is 1. The first kappa shape index (κ1) is 18.2. The van der Waals surface area contributed by atoms with Crippen molar-refractivity contribution in [2.24, 2.45) is 0 Å². The molecule has 0 spiro atoms. The first-order chi connectivity index (χ1) is 12.5. The van der Waals surface area contributed by atoms with Crippen LogP contribution in [0.25, 0.3) is 11.1 Å². The van der Waals surface area contributed by atoms with Gasteiger partial charge >= 0.3 is 0 Å². The highest BCUT2D eigenvalue weighted by atomic mass is 32.1. The zero-order valence-corrected chi connectivity index (χ0v) is 15.6. The number of amides is 1. The maximum absolute atomic E-state index is 12.6. The fourth-order valence-corrected chi connectivity index (χ4v) is 3.07. The molecular weight excluding hydrogens is 352 g/mol. The Kier molecular flexibility index (Phi) is 5.39. The van der Waals surface area contributed by atoms with Gasteiger partial charge in [0.15, 0.2) is 5.58 Å². The van der Waals surface area contributed by atoms with Gasteiger partial charge in [-0.25, -0.2) is 0 Å². The van der Waals surface area contributed by atoms with Crippen molar-refractivity contribution < 1.29 is 18.7 Å². The number of benzene rings is 2. The summed E-state index contributed by atoms with van der Waals surface area (Å²) in [6, 6.07) is 12.5. The van der Waals surface area contributed by atoms with Crippen LogP contribution >= 0.6 is 12.2 Å². The molecule has 1 heterocycles. The van der Waals surface area contributed by atoms with E-state index in [1.165, 1.54) is 0 Å². The predicted octanol–water partition coefficient (Wildman–Crippen LogP) is 4.00. The Morgan fingerprint density at radius 3 is 2.58 bits per heavy atom. The van der Waals surface area contributed by atoms with Gasteiger partial charge in [0.2, 0.25) is 0 Å². The van der Waals surface area contributed by atoms with Gasteiger partial charge in [-0.15, -0.1) is 0 Å². The van der Waals surface area contributed by atoms with E-state index in [9.17, 15) is 4.79 Å². The lowest BCUT2D eigenvalue weighted by atomic mass is 10.0. The second-order valence-electron chi connectivity index (χ2n) is 5.92. The Labute approximate surface area is 156 Å². The van der Waals surface area contributed by atoms with Gasteiger partial charge < -0.3 is 24.2 Å². The molecule has 2 N–H and O–H groups in total. The number of aromatic nitrogens is 1. The summed E-state index contributed by atoms with van der Waals surface area (Å²) in [5.41, 5.74) is 2.75. The molecule has 136 valence electrons. The molecule has 6 nitrogen and oxygen atoms in total. The maximum atomic E-state index is 12.6. The number of H-pyrrole nitrogens is 1. The lowest BCUT2D eigenvalue weighted by Crippen LogP contribution is -2.37. The van der Waals surface area contributed by atoms with E-state index in [0.29, 0.717) is 11.1 Å². The first-order valence-corrected chi connectivity index (χ1v) is 8.53. The fourth-order valence-electron chi connectivity index (χ4n) is 2.87.